The second kappa shape index (κ2) is 8.29. The number of carbonyl (C=O) groups excluding carboxylic acids is 1. The number of nitrogens with zero attached hydrogens (tertiary/aromatic N) is 2. The highest BCUT2D eigenvalue weighted by Gasteiger charge is 2.16. The number of amides is 1. The summed E-state index contributed by atoms with van der Waals surface area (Å²) in [6, 6.07) is 20.0. The van der Waals surface area contributed by atoms with Crippen molar-refractivity contribution in [2.24, 2.45) is 0 Å². The SMILES string of the molecule is CCN(CC)c1cc2[nH]c(-c3ccc(O)cc3)nc2cc1NC(=O)c1ccccc1. The lowest BCUT2D eigenvalue weighted by Gasteiger charge is -2.24. The van der Waals surface area contributed by atoms with Crippen LogP contribution in [0, 0.1) is 0 Å². The van der Waals surface area contributed by atoms with E-state index in [1.54, 1.807) is 24.3 Å². The highest BCUT2D eigenvalue weighted by Crippen LogP contribution is 2.32. The van der Waals surface area contributed by atoms with Crippen molar-refractivity contribution in [3.63, 3.8) is 0 Å². The molecule has 4 aromatic rings. The van der Waals surface area contributed by atoms with E-state index >= 15 is 0 Å². The van der Waals surface area contributed by atoms with Crippen LogP contribution < -0.4 is 10.2 Å². The molecule has 6 nitrogen and oxygen atoms in total. The Morgan fingerprint density at radius 1 is 1.03 bits per heavy atom. The van der Waals surface area contributed by atoms with Crippen LogP contribution in [-0.4, -0.2) is 34.1 Å². The number of nitrogens with one attached hydrogen (secondary N) is 2. The smallest absolute Gasteiger partial charge is 0.255 e. The molecule has 0 aliphatic heterocycles. The molecule has 1 amide bonds. The lowest BCUT2D eigenvalue weighted by molar-refractivity contribution is 0.102. The van der Waals surface area contributed by atoms with Crippen molar-refractivity contribution in [3.05, 3.63) is 72.3 Å². The number of H-pyrrole nitrogens is 1. The first kappa shape index (κ1) is 19.5. The van der Waals surface area contributed by atoms with Gasteiger partial charge < -0.3 is 20.3 Å². The van der Waals surface area contributed by atoms with Crippen LogP contribution in [0.1, 0.15) is 24.2 Å². The Bertz CT molecular complexity index is 1160. The standard InChI is InChI=1S/C24H24N4O2/c1-3-28(4-2)22-15-20-19(25-23(26-20)16-10-12-18(29)13-11-16)14-21(22)27-24(30)17-8-6-5-7-9-17/h5-15,29H,3-4H2,1-2H3,(H,25,26)(H,27,30). The molecule has 0 aliphatic rings. The Hall–Kier alpha value is -3.80. The minimum absolute atomic E-state index is 0.155. The number of aromatic hydroxyl groups is 1. The summed E-state index contributed by atoms with van der Waals surface area (Å²) >= 11 is 0. The maximum atomic E-state index is 12.8. The fourth-order valence-electron chi connectivity index (χ4n) is 3.51. The molecule has 3 aromatic carbocycles. The van der Waals surface area contributed by atoms with Crippen molar-refractivity contribution >= 4 is 28.3 Å². The summed E-state index contributed by atoms with van der Waals surface area (Å²) in [7, 11) is 0. The normalized spacial score (nSPS) is 10.9. The van der Waals surface area contributed by atoms with Gasteiger partial charge in [0.1, 0.15) is 11.6 Å². The summed E-state index contributed by atoms with van der Waals surface area (Å²) in [5, 5.41) is 12.6. The zero-order chi connectivity index (χ0) is 21.1. The van der Waals surface area contributed by atoms with Crippen molar-refractivity contribution in [2.75, 3.05) is 23.3 Å². The molecule has 0 bridgehead atoms. The first-order valence-electron chi connectivity index (χ1n) is 10.0. The minimum Gasteiger partial charge on any atom is -0.508 e. The van der Waals surface area contributed by atoms with Crippen molar-refractivity contribution < 1.29 is 9.90 Å². The van der Waals surface area contributed by atoms with Gasteiger partial charge in [-0.2, -0.15) is 0 Å². The molecule has 3 N–H and O–H groups in total. The molecule has 0 saturated heterocycles. The van der Waals surface area contributed by atoms with Crippen molar-refractivity contribution in [3.8, 4) is 17.1 Å². The number of rotatable bonds is 6. The molecule has 0 aliphatic carbocycles. The molecule has 30 heavy (non-hydrogen) atoms. The van der Waals surface area contributed by atoms with Crippen LogP contribution in [0.25, 0.3) is 22.4 Å². The largest absolute Gasteiger partial charge is 0.508 e. The van der Waals surface area contributed by atoms with E-state index in [-0.39, 0.29) is 11.7 Å². The Morgan fingerprint density at radius 2 is 1.73 bits per heavy atom. The highest BCUT2D eigenvalue weighted by molar-refractivity contribution is 6.07. The van der Waals surface area contributed by atoms with E-state index in [1.165, 1.54) is 0 Å². The maximum absolute atomic E-state index is 12.8. The van der Waals surface area contributed by atoms with Gasteiger partial charge in [-0.3, -0.25) is 4.79 Å². The first-order valence-corrected chi connectivity index (χ1v) is 10.0. The molecule has 1 heterocycles. The molecule has 6 heteroatoms. The number of phenols is 1. The Labute approximate surface area is 175 Å². The average Bonchev–Trinajstić information content (AvgIpc) is 3.18. The molecular formula is C24H24N4O2. The van der Waals surface area contributed by atoms with Gasteiger partial charge in [0.15, 0.2) is 0 Å². The van der Waals surface area contributed by atoms with Gasteiger partial charge >= 0.3 is 0 Å². The van der Waals surface area contributed by atoms with Crippen molar-refractivity contribution in [1.82, 2.24) is 9.97 Å². The fourth-order valence-corrected chi connectivity index (χ4v) is 3.51. The van der Waals surface area contributed by atoms with E-state index in [0.29, 0.717) is 11.4 Å². The monoisotopic (exact) mass is 400 g/mol. The Morgan fingerprint density at radius 3 is 2.40 bits per heavy atom. The predicted octanol–water partition coefficient (Wildman–Crippen LogP) is 5.03. The van der Waals surface area contributed by atoms with Gasteiger partial charge in [0, 0.05) is 24.2 Å². The summed E-state index contributed by atoms with van der Waals surface area (Å²) in [6.45, 7) is 5.81. The van der Waals surface area contributed by atoms with Crippen molar-refractivity contribution in [2.45, 2.75) is 13.8 Å². The van der Waals surface area contributed by atoms with Gasteiger partial charge in [0.25, 0.3) is 5.91 Å². The number of carbonyl (C=O) groups is 1. The second-order valence-corrected chi connectivity index (χ2v) is 7.01. The average molecular weight is 400 g/mol. The van der Waals surface area contributed by atoms with E-state index in [2.05, 4.69) is 29.0 Å². The summed E-state index contributed by atoms with van der Waals surface area (Å²) < 4.78 is 0. The number of anilines is 2. The quantitative estimate of drug-likeness (QED) is 0.424. The molecular weight excluding hydrogens is 376 g/mol. The third-order valence-corrected chi connectivity index (χ3v) is 5.13. The van der Waals surface area contributed by atoms with Crippen LogP contribution in [0.4, 0.5) is 11.4 Å². The highest BCUT2D eigenvalue weighted by atomic mass is 16.3. The summed E-state index contributed by atoms with van der Waals surface area (Å²) in [6.07, 6.45) is 0. The van der Waals surface area contributed by atoms with Gasteiger partial charge in [-0.25, -0.2) is 4.98 Å². The number of imidazole rings is 1. The number of aromatic amines is 1. The van der Waals surface area contributed by atoms with Gasteiger partial charge in [-0.15, -0.1) is 0 Å². The molecule has 0 atom stereocenters. The Balaban J connectivity index is 1.77. The molecule has 152 valence electrons. The van der Waals surface area contributed by atoms with E-state index in [0.717, 1.165) is 41.1 Å². The maximum Gasteiger partial charge on any atom is 0.255 e. The van der Waals surface area contributed by atoms with Crippen LogP contribution in [0.2, 0.25) is 0 Å². The molecule has 0 fully saturated rings. The summed E-state index contributed by atoms with van der Waals surface area (Å²) in [5.41, 5.74) is 4.80. The predicted molar refractivity (Wildman–Crippen MR) is 121 cm³/mol. The van der Waals surface area contributed by atoms with E-state index < -0.39 is 0 Å². The van der Waals surface area contributed by atoms with E-state index in [1.807, 2.05) is 42.5 Å². The van der Waals surface area contributed by atoms with E-state index in [9.17, 15) is 9.90 Å². The van der Waals surface area contributed by atoms with Gasteiger partial charge in [-0.05, 0) is 62.4 Å². The zero-order valence-electron chi connectivity index (χ0n) is 17.0. The minimum atomic E-state index is -0.155. The summed E-state index contributed by atoms with van der Waals surface area (Å²) in [5.74, 6) is 0.768. The fraction of sp³-hybridized carbons (Fsp3) is 0.167. The molecule has 0 radical (unpaired) electrons. The third-order valence-electron chi connectivity index (χ3n) is 5.13. The van der Waals surface area contributed by atoms with Crippen LogP contribution >= 0.6 is 0 Å². The van der Waals surface area contributed by atoms with Gasteiger partial charge in [0.2, 0.25) is 0 Å². The number of benzene rings is 3. The number of hydrogen-bond donors (Lipinski definition) is 3. The molecule has 0 saturated carbocycles. The topological polar surface area (TPSA) is 81.2 Å². The zero-order valence-corrected chi connectivity index (χ0v) is 17.0. The van der Waals surface area contributed by atoms with Crippen LogP contribution in [0.3, 0.4) is 0 Å². The number of fused-ring (bicyclic) bond motifs is 1. The summed E-state index contributed by atoms with van der Waals surface area (Å²) in [4.78, 5) is 23.0. The second-order valence-electron chi connectivity index (χ2n) is 7.01. The molecule has 1 aromatic heterocycles. The lowest BCUT2D eigenvalue weighted by Crippen LogP contribution is -2.24. The van der Waals surface area contributed by atoms with Crippen LogP contribution in [0.15, 0.2) is 66.7 Å². The molecule has 0 spiro atoms. The third kappa shape index (κ3) is 3.85. The number of hydrogen-bond acceptors (Lipinski definition) is 4. The number of aromatic nitrogens is 2. The van der Waals surface area contributed by atoms with Crippen molar-refractivity contribution in [1.29, 1.82) is 0 Å². The number of phenolic OH excluding ortho intramolecular Hbond substituents is 1. The van der Waals surface area contributed by atoms with Gasteiger partial charge in [0.05, 0.1) is 22.4 Å². The lowest BCUT2D eigenvalue weighted by atomic mass is 10.1. The molecule has 4 rings (SSSR count). The van der Waals surface area contributed by atoms with Gasteiger partial charge in [-0.1, -0.05) is 18.2 Å². The first-order chi connectivity index (χ1) is 14.6. The Kier molecular flexibility index (Phi) is 5.39. The van der Waals surface area contributed by atoms with Crippen LogP contribution in [0.5, 0.6) is 5.75 Å². The molecule has 0 unspecified atom stereocenters. The van der Waals surface area contributed by atoms with Crippen LogP contribution in [-0.2, 0) is 0 Å². The van der Waals surface area contributed by atoms with E-state index in [4.69, 9.17) is 4.98 Å².